The molecule has 2 aromatic carbocycles. The Labute approximate surface area is 229 Å². The van der Waals surface area contributed by atoms with E-state index in [-0.39, 0.29) is 18.1 Å². The predicted molar refractivity (Wildman–Crippen MR) is 147 cm³/mol. The standard InChI is InChI=1S/C29H26F3N5OS/c1-18-16-21(19(2)37(18)24-14-7-6-12-22(24)29(30,31)32)27-26(23-13-8-9-15-33-23)35-28(39)36(27)17-25(38)34-20-10-4-3-5-11-20/h3-16,26-27H,17H2,1-2H3,(H,34,38)(H,35,39)/t26-,27+/m0/s1. The molecule has 5 rings (SSSR count). The molecule has 0 bridgehead atoms. The van der Waals surface area contributed by atoms with Crippen molar-refractivity contribution in [2.75, 3.05) is 11.9 Å². The highest BCUT2D eigenvalue weighted by Gasteiger charge is 2.42. The number of anilines is 1. The molecule has 6 nitrogen and oxygen atoms in total. The Morgan fingerprint density at radius 1 is 1.03 bits per heavy atom. The van der Waals surface area contributed by atoms with Crippen molar-refractivity contribution < 1.29 is 18.0 Å². The van der Waals surface area contributed by atoms with Gasteiger partial charge in [0, 0.05) is 23.3 Å². The molecule has 0 radical (unpaired) electrons. The van der Waals surface area contributed by atoms with Gasteiger partial charge in [0.2, 0.25) is 5.91 Å². The number of nitrogens with one attached hydrogen (secondary N) is 2. The molecule has 2 aromatic heterocycles. The highest BCUT2D eigenvalue weighted by molar-refractivity contribution is 7.80. The van der Waals surface area contributed by atoms with Crippen LogP contribution in [0.2, 0.25) is 0 Å². The molecule has 1 aliphatic rings. The lowest BCUT2D eigenvalue weighted by Crippen LogP contribution is -2.37. The Morgan fingerprint density at radius 3 is 2.41 bits per heavy atom. The molecule has 1 saturated heterocycles. The van der Waals surface area contributed by atoms with E-state index < -0.39 is 23.8 Å². The van der Waals surface area contributed by atoms with Crippen LogP contribution in [0.1, 0.15) is 40.3 Å². The zero-order valence-corrected chi connectivity index (χ0v) is 22.1. The zero-order valence-electron chi connectivity index (χ0n) is 21.2. The average molecular weight is 550 g/mol. The van der Waals surface area contributed by atoms with E-state index in [1.54, 1.807) is 53.8 Å². The molecule has 2 atom stereocenters. The van der Waals surface area contributed by atoms with Crippen LogP contribution in [0, 0.1) is 13.8 Å². The Hall–Kier alpha value is -4.18. The second-order valence-electron chi connectivity index (χ2n) is 9.35. The smallest absolute Gasteiger partial charge is 0.352 e. The number of nitrogens with zero attached hydrogens (tertiary/aromatic N) is 3. The van der Waals surface area contributed by atoms with E-state index in [1.807, 2.05) is 36.4 Å². The number of halogens is 3. The van der Waals surface area contributed by atoms with Gasteiger partial charge in [0.25, 0.3) is 0 Å². The van der Waals surface area contributed by atoms with Gasteiger partial charge in [-0.15, -0.1) is 0 Å². The van der Waals surface area contributed by atoms with Crippen LogP contribution in [0.4, 0.5) is 18.9 Å². The first-order chi connectivity index (χ1) is 18.6. The second-order valence-corrected chi connectivity index (χ2v) is 9.73. The molecule has 1 fully saturated rings. The normalized spacial score (nSPS) is 17.3. The first-order valence-corrected chi connectivity index (χ1v) is 12.7. The number of carbonyl (C=O) groups excluding carboxylic acids is 1. The number of benzene rings is 2. The number of aryl methyl sites for hydroxylation is 1. The maximum atomic E-state index is 13.9. The Morgan fingerprint density at radius 2 is 1.72 bits per heavy atom. The number of amides is 1. The lowest BCUT2D eigenvalue weighted by molar-refractivity contribution is -0.137. The SMILES string of the molecule is Cc1cc([C@@H]2[C@H](c3ccccn3)NC(=S)N2CC(=O)Nc2ccccc2)c(C)n1-c1ccccc1C(F)(F)F. The molecular formula is C29H26F3N5OS. The number of aromatic nitrogens is 2. The van der Waals surface area contributed by atoms with Crippen LogP contribution in [-0.2, 0) is 11.0 Å². The highest BCUT2D eigenvalue weighted by atomic mass is 32.1. The van der Waals surface area contributed by atoms with E-state index >= 15 is 0 Å². The van der Waals surface area contributed by atoms with E-state index in [4.69, 9.17) is 12.2 Å². The largest absolute Gasteiger partial charge is 0.418 e. The van der Waals surface area contributed by atoms with Crippen LogP contribution in [0.25, 0.3) is 5.69 Å². The molecular weight excluding hydrogens is 523 g/mol. The molecule has 1 amide bonds. The summed E-state index contributed by atoms with van der Waals surface area (Å²) < 4.78 is 43.4. The van der Waals surface area contributed by atoms with Crippen molar-refractivity contribution in [3.05, 3.63) is 113 Å². The van der Waals surface area contributed by atoms with E-state index in [0.29, 0.717) is 27.9 Å². The Balaban J connectivity index is 1.58. The van der Waals surface area contributed by atoms with Crippen molar-refractivity contribution in [2.45, 2.75) is 32.1 Å². The molecule has 0 aliphatic carbocycles. The third-order valence-corrected chi connectivity index (χ3v) is 7.16. The molecule has 4 aromatic rings. The number of pyridine rings is 1. The molecule has 3 heterocycles. The van der Waals surface area contributed by atoms with Gasteiger partial charge in [-0.25, -0.2) is 0 Å². The molecule has 39 heavy (non-hydrogen) atoms. The number of hydrogen-bond donors (Lipinski definition) is 2. The summed E-state index contributed by atoms with van der Waals surface area (Å²) in [5.74, 6) is -0.270. The highest BCUT2D eigenvalue weighted by Crippen LogP contribution is 2.42. The number of thiocarbonyl (C=S) groups is 1. The first kappa shape index (κ1) is 26.4. The van der Waals surface area contributed by atoms with Gasteiger partial charge in [-0.1, -0.05) is 36.4 Å². The monoisotopic (exact) mass is 549 g/mol. The van der Waals surface area contributed by atoms with Gasteiger partial charge in [0.15, 0.2) is 5.11 Å². The maximum Gasteiger partial charge on any atom is 0.418 e. The lowest BCUT2D eigenvalue weighted by atomic mass is 9.96. The van der Waals surface area contributed by atoms with Crippen LogP contribution >= 0.6 is 12.2 Å². The summed E-state index contributed by atoms with van der Waals surface area (Å²) in [5, 5.41) is 6.54. The molecule has 0 spiro atoms. The fourth-order valence-corrected chi connectivity index (χ4v) is 5.46. The van der Waals surface area contributed by atoms with Gasteiger partial charge in [-0.05, 0) is 74.1 Å². The molecule has 200 valence electrons. The zero-order chi connectivity index (χ0) is 27.7. The quantitative estimate of drug-likeness (QED) is 0.284. The topological polar surface area (TPSA) is 62.2 Å². The minimum Gasteiger partial charge on any atom is -0.352 e. The minimum atomic E-state index is -4.52. The first-order valence-electron chi connectivity index (χ1n) is 12.3. The fourth-order valence-electron chi connectivity index (χ4n) is 5.16. The summed E-state index contributed by atoms with van der Waals surface area (Å²) in [4.78, 5) is 19.4. The molecule has 1 aliphatic heterocycles. The lowest BCUT2D eigenvalue weighted by Gasteiger charge is -2.28. The third-order valence-electron chi connectivity index (χ3n) is 6.81. The number of rotatable bonds is 6. The Bertz CT molecular complexity index is 1500. The number of para-hydroxylation sites is 2. The molecule has 10 heteroatoms. The van der Waals surface area contributed by atoms with Crippen molar-refractivity contribution in [1.29, 1.82) is 0 Å². The number of hydrogen-bond acceptors (Lipinski definition) is 3. The summed E-state index contributed by atoms with van der Waals surface area (Å²) in [6.45, 7) is 3.50. The van der Waals surface area contributed by atoms with Crippen molar-refractivity contribution >= 4 is 28.9 Å². The maximum absolute atomic E-state index is 13.9. The molecule has 0 saturated carbocycles. The van der Waals surface area contributed by atoms with E-state index in [0.717, 1.165) is 11.6 Å². The molecule has 0 unspecified atom stereocenters. The van der Waals surface area contributed by atoms with Crippen LogP contribution < -0.4 is 10.6 Å². The van der Waals surface area contributed by atoms with Crippen molar-refractivity contribution in [3.8, 4) is 5.69 Å². The average Bonchev–Trinajstić information content (AvgIpc) is 3.39. The fraction of sp³-hybridized carbons (Fsp3) is 0.207. The van der Waals surface area contributed by atoms with Gasteiger partial charge in [0.1, 0.15) is 6.54 Å². The van der Waals surface area contributed by atoms with E-state index in [1.165, 1.54) is 12.1 Å². The van der Waals surface area contributed by atoms with Gasteiger partial charge >= 0.3 is 6.18 Å². The van der Waals surface area contributed by atoms with Gasteiger partial charge < -0.3 is 20.1 Å². The van der Waals surface area contributed by atoms with E-state index in [9.17, 15) is 18.0 Å². The van der Waals surface area contributed by atoms with Crippen LogP contribution in [-0.4, -0.2) is 32.0 Å². The summed E-state index contributed by atoms with van der Waals surface area (Å²) in [5.41, 5.74) is 2.68. The minimum absolute atomic E-state index is 0.0440. The summed E-state index contributed by atoms with van der Waals surface area (Å²) in [6.07, 6.45) is -2.85. The summed E-state index contributed by atoms with van der Waals surface area (Å²) >= 11 is 5.68. The number of alkyl halides is 3. The summed E-state index contributed by atoms with van der Waals surface area (Å²) in [6, 6.07) is 21.1. The predicted octanol–water partition coefficient (Wildman–Crippen LogP) is 6.12. The van der Waals surface area contributed by atoms with Crippen molar-refractivity contribution in [2.24, 2.45) is 0 Å². The summed E-state index contributed by atoms with van der Waals surface area (Å²) in [7, 11) is 0. The van der Waals surface area contributed by atoms with Crippen molar-refractivity contribution in [1.82, 2.24) is 19.8 Å². The van der Waals surface area contributed by atoms with Crippen LogP contribution in [0.3, 0.4) is 0 Å². The second kappa shape index (κ2) is 10.5. The van der Waals surface area contributed by atoms with Crippen LogP contribution in [0.15, 0.2) is 85.1 Å². The number of carbonyl (C=O) groups is 1. The van der Waals surface area contributed by atoms with Gasteiger partial charge in [0.05, 0.1) is 29.0 Å². The van der Waals surface area contributed by atoms with Gasteiger partial charge in [-0.2, -0.15) is 13.2 Å². The Kier molecular flexibility index (Phi) is 7.14. The van der Waals surface area contributed by atoms with Crippen LogP contribution in [0.5, 0.6) is 0 Å². The van der Waals surface area contributed by atoms with Crippen molar-refractivity contribution in [3.63, 3.8) is 0 Å². The third kappa shape index (κ3) is 5.24. The van der Waals surface area contributed by atoms with E-state index in [2.05, 4.69) is 15.6 Å². The molecule has 2 N–H and O–H groups in total. The van der Waals surface area contributed by atoms with Gasteiger partial charge in [-0.3, -0.25) is 9.78 Å².